The third-order valence-electron chi connectivity index (χ3n) is 3.69. The van der Waals surface area contributed by atoms with Crippen molar-refractivity contribution in [3.63, 3.8) is 0 Å². The van der Waals surface area contributed by atoms with Crippen LogP contribution in [0, 0.1) is 27.7 Å². The Morgan fingerprint density at radius 3 is 2.29 bits per heavy atom. The van der Waals surface area contributed by atoms with E-state index in [1.165, 1.54) is 16.3 Å². The van der Waals surface area contributed by atoms with Crippen LogP contribution in [0.25, 0.3) is 16.4 Å². The normalized spacial score (nSPS) is 11.1. The van der Waals surface area contributed by atoms with Gasteiger partial charge in [0.1, 0.15) is 0 Å². The van der Waals surface area contributed by atoms with Crippen molar-refractivity contribution in [3.05, 3.63) is 57.2 Å². The third kappa shape index (κ3) is 2.52. The van der Waals surface area contributed by atoms with Gasteiger partial charge in [0.05, 0.1) is 5.69 Å². The van der Waals surface area contributed by atoms with Crippen molar-refractivity contribution in [3.8, 4) is 16.4 Å². The minimum atomic E-state index is 0.787. The summed E-state index contributed by atoms with van der Waals surface area (Å²) in [5.41, 5.74) is 5.59. The van der Waals surface area contributed by atoms with E-state index in [1.807, 2.05) is 19.1 Å². The zero-order valence-electron chi connectivity index (χ0n) is 12.6. The Kier molecular flexibility index (Phi) is 3.64. The number of hydrogen-bond donors (Lipinski definition) is 0. The van der Waals surface area contributed by atoms with Crippen molar-refractivity contribution in [1.82, 2.24) is 9.55 Å². The molecule has 2 aromatic heterocycles. The van der Waals surface area contributed by atoms with Crippen molar-refractivity contribution in [2.24, 2.45) is 0 Å². The monoisotopic (exact) mass is 316 g/mol. The topological polar surface area (TPSA) is 17.8 Å². The predicted molar refractivity (Wildman–Crippen MR) is 90.8 cm³/mol. The molecular formula is C17H17ClN2S. The lowest BCUT2D eigenvalue weighted by molar-refractivity contribution is 0.951. The molecule has 0 N–H and O–H groups in total. The van der Waals surface area contributed by atoms with Crippen molar-refractivity contribution in [1.29, 1.82) is 0 Å². The van der Waals surface area contributed by atoms with Crippen LogP contribution in [0.15, 0.2) is 30.3 Å². The number of halogens is 1. The lowest BCUT2D eigenvalue weighted by Gasteiger charge is -2.04. The molecule has 2 heterocycles. The number of nitrogens with zero attached hydrogens (tertiary/aromatic N) is 2. The standard InChI is InChI=1S/C17H17ClN2S/c1-10-5-8-14(9-15(10)18)16-13(4)21-17(19-16)20-11(2)6-7-12(20)3/h5-9H,1-4H3. The van der Waals surface area contributed by atoms with Gasteiger partial charge in [-0.15, -0.1) is 11.3 Å². The summed E-state index contributed by atoms with van der Waals surface area (Å²) >= 11 is 7.96. The number of rotatable bonds is 2. The van der Waals surface area contributed by atoms with Gasteiger partial charge in [-0.1, -0.05) is 23.7 Å². The molecule has 0 aliphatic heterocycles. The quantitative estimate of drug-likeness (QED) is 0.611. The van der Waals surface area contributed by atoms with E-state index in [2.05, 4.69) is 43.5 Å². The second-order valence-electron chi connectivity index (χ2n) is 5.32. The first-order valence-corrected chi connectivity index (χ1v) is 8.06. The maximum absolute atomic E-state index is 6.24. The Morgan fingerprint density at radius 1 is 1.00 bits per heavy atom. The molecule has 21 heavy (non-hydrogen) atoms. The summed E-state index contributed by atoms with van der Waals surface area (Å²) in [5, 5.41) is 1.80. The van der Waals surface area contributed by atoms with Gasteiger partial charge in [0.25, 0.3) is 0 Å². The molecule has 0 atom stereocenters. The summed E-state index contributed by atoms with van der Waals surface area (Å²) in [6, 6.07) is 10.4. The largest absolute Gasteiger partial charge is 0.295 e. The average Bonchev–Trinajstić information content (AvgIpc) is 2.96. The van der Waals surface area contributed by atoms with Crippen LogP contribution in [0.2, 0.25) is 5.02 Å². The predicted octanol–water partition coefficient (Wildman–Crippen LogP) is 5.49. The molecule has 0 unspecified atom stereocenters. The van der Waals surface area contributed by atoms with Crippen molar-refractivity contribution < 1.29 is 0 Å². The number of benzene rings is 1. The van der Waals surface area contributed by atoms with Gasteiger partial charge in [0.2, 0.25) is 0 Å². The second kappa shape index (κ2) is 5.32. The summed E-state index contributed by atoms with van der Waals surface area (Å²) in [5.74, 6) is 0. The van der Waals surface area contributed by atoms with E-state index in [1.54, 1.807) is 11.3 Å². The molecular weight excluding hydrogens is 300 g/mol. The number of hydrogen-bond acceptors (Lipinski definition) is 2. The summed E-state index contributed by atoms with van der Waals surface area (Å²) < 4.78 is 2.19. The Bertz CT molecular complexity index is 795. The first-order chi connectivity index (χ1) is 9.97. The molecule has 0 saturated heterocycles. The van der Waals surface area contributed by atoms with Crippen LogP contribution in [-0.2, 0) is 0 Å². The molecule has 3 rings (SSSR count). The molecule has 3 aromatic rings. The Morgan fingerprint density at radius 2 is 1.67 bits per heavy atom. The summed E-state index contributed by atoms with van der Waals surface area (Å²) in [4.78, 5) is 6.04. The molecule has 0 fully saturated rings. The molecule has 0 bridgehead atoms. The highest BCUT2D eigenvalue weighted by atomic mass is 35.5. The molecule has 0 aliphatic rings. The van der Waals surface area contributed by atoms with Crippen LogP contribution in [0.5, 0.6) is 0 Å². The SMILES string of the molecule is Cc1ccc(-c2nc(-n3c(C)ccc3C)sc2C)cc1Cl. The Labute approximate surface area is 134 Å². The van der Waals surface area contributed by atoms with E-state index in [0.717, 1.165) is 27.0 Å². The molecule has 0 radical (unpaired) electrons. The third-order valence-corrected chi connectivity index (χ3v) is 5.06. The molecule has 108 valence electrons. The Hall–Kier alpha value is -1.58. The van der Waals surface area contributed by atoms with Crippen molar-refractivity contribution in [2.45, 2.75) is 27.7 Å². The van der Waals surface area contributed by atoms with E-state index in [9.17, 15) is 0 Å². The molecule has 4 heteroatoms. The lowest BCUT2D eigenvalue weighted by atomic mass is 10.1. The first-order valence-electron chi connectivity index (χ1n) is 6.86. The van der Waals surface area contributed by atoms with E-state index < -0.39 is 0 Å². The van der Waals surface area contributed by atoms with Gasteiger partial charge >= 0.3 is 0 Å². The fourth-order valence-electron chi connectivity index (χ4n) is 2.46. The van der Waals surface area contributed by atoms with Crippen LogP contribution in [0.3, 0.4) is 0 Å². The maximum atomic E-state index is 6.24. The number of aryl methyl sites for hydroxylation is 4. The van der Waals surface area contributed by atoms with Gasteiger partial charge in [-0.25, -0.2) is 4.98 Å². The van der Waals surface area contributed by atoms with Gasteiger partial charge in [0, 0.05) is 26.9 Å². The molecule has 0 saturated carbocycles. The smallest absolute Gasteiger partial charge is 0.194 e. The van der Waals surface area contributed by atoms with Crippen LogP contribution in [0.1, 0.15) is 21.8 Å². The average molecular weight is 317 g/mol. The van der Waals surface area contributed by atoms with Gasteiger partial charge in [-0.05, 0) is 51.5 Å². The highest BCUT2D eigenvalue weighted by Crippen LogP contribution is 2.32. The first kappa shape index (κ1) is 14.4. The number of thiazole rings is 1. The van der Waals surface area contributed by atoms with Crippen LogP contribution in [0.4, 0.5) is 0 Å². The lowest BCUT2D eigenvalue weighted by Crippen LogP contribution is -1.97. The molecule has 0 aliphatic carbocycles. The van der Waals surface area contributed by atoms with Crippen molar-refractivity contribution in [2.75, 3.05) is 0 Å². The van der Waals surface area contributed by atoms with Crippen molar-refractivity contribution >= 4 is 22.9 Å². The molecule has 0 spiro atoms. The van der Waals surface area contributed by atoms with Crippen LogP contribution in [-0.4, -0.2) is 9.55 Å². The van der Waals surface area contributed by atoms with Crippen LogP contribution < -0.4 is 0 Å². The molecule has 0 amide bonds. The van der Waals surface area contributed by atoms with Gasteiger partial charge in [-0.3, -0.25) is 4.57 Å². The molecule has 1 aromatic carbocycles. The van der Waals surface area contributed by atoms with Gasteiger partial charge < -0.3 is 0 Å². The number of aromatic nitrogens is 2. The maximum Gasteiger partial charge on any atom is 0.194 e. The van der Waals surface area contributed by atoms with Gasteiger partial charge in [-0.2, -0.15) is 0 Å². The fourth-order valence-corrected chi connectivity index (χ4v) is 3.69. The zero-order valence-corrected chi connectivity index (χ0v) is 14.1. The van der Waals surface area contributed by atoms with Gasteiger partial charge in [0.15, 0.2) is 5.13 Å². The highest BCUT2D eigenvalue weighted by molar-refractivity contribution is 7.14. The second-order valence-corrected chi connectivity index (χ2v) is 6.91. The highest BCUT2D eigenvalue weighted by Gasteiger charge is 2.14. The van der Waals surface area contributed by atoms with E-state index >= 15 is 0 Å². The Balaban J connectivity index is 2.12. The molecule has 2 nitrogen and oxygen atoms in total. The van der Waals surface area contributed by atoms with E-state index in [-0.39, 0.29) is 0 Å². The zero-order chi connectivity index (χ0) is 15.1. The summed E-state index contributed by atoms with van der Waals surface area (Å²) in [6.07, 6.45) is 0. The summed E-state index contributed by atoms with van der Waals surface area (Å²) in [7, 11) is 0. The van der Waals surface area contributed by atoms with E-state index in [0.29, 0.717) is 0 Å². The minimum Gasteiger partial charge on any atom is -0.295 e. The minimum absolute atomic E-state index is 0.787. The van der Waals surface area contributed by atoms with Crippen LogP contribution >= 0.6 is 22.9 Å². The van der Waals surface area contributed by atoms with E-state index in [4.69, 9.17) is 16.6 Å². The fraction of sp³-hybridized carbons (Fsp3) is 0.235. The summed E-state index contributed by atoms with van der Waals surface area (Å²) in [6.45, 7) is 8.33.